The number of hydrogen-bond donors (Lipinski definition) is 2. The van der Waals surface area contributed by atoms with Gasteiger partial charge in [-0.15, -0.1) is 0 Å². The molecule has 6 nitrogen and oxygen atoms in total. The Hall–Kier alpha value is -4.71. The molecule has 0 aliphatic carbocycles. The van der Waals surface area contributed by atoms with Crippen LogP contribution in [0.5, 0.6) is 0 Å². The maximum Gasteiger partial charge on any atom is 0.258 e. The molecule has 1 amide bonds. The maximum absolute atomic E-state index is 12.9. The van der Waals surface area contributed by atoms with E-state index in [4.69, 9.17) is 0 Å². The fourth-order valence-corrected chi connectivity index (χ4v) is 4.09. The lowest BCUT2D eigenvalue weighted by molar-refractivity contribution is -0.110. The highest BCUT2D eigenvalue weighted by molar-refractivity contribution is 6.37. The van der Waals surface area contributed by atoms with Crippen LogP contribution in [0.2, 0.25) is 0 Å². The van der Waals surface area contributed by atoms with Crippen molar-refractivity contribution in [2.24, 2.45) is 0 Å². The van der Waals surface area contributed by atoms with E-state index in [2.05, 4.69) is 20.6 Å². The smallest absolute Gasteiger partial charge is 0.258 e. The SMILES string of the molecule is O=C1Nc2ccccc2C1=C(Nc1ccc(-c2cn3cccnc3n2)cc1)c1ccccc1. The third-order valence-electron chi connectivity index (χ3n) is 5.67. The van der Waals surface area contributed by atoms with E-state index in [-0.39, 0.29) is 5.91 Å². The molecule has 0 radical (unpaired) electrons. The molecular formula is C27H19N5O. The number of anilines is 2. The first-order valence-corrected chi connectivity index (χ1v) is 10.6. The number of rotatable bonds is 4. The second-order valence-corrected chi connectivity index (χ2v) is 7.77. The number of imidazole rings is 1. The summed E-state index contributed by atoms with van der Waals surface area (Å²) in [4.78, 5) is 21.8. The lowest BCUT2D eigenvalue weighted by Crippen LogP contribution is -2.10. The van der Waals surface area contributed by atoms with E-state index in [0.29, 0.717) is 11.4 Å². The number of nitrogens with one attached hydrogen (secondary N) is 2. The van der Waals surface area contributed by atoms with Crippen molar-refractivity contribution >= 4 is 34.3 Å². The molecule has 2 N–H and O–H groups in total. The lowest BCUT2D eigenvalue weighted by atomic mass is 10.00. The standard InChI is InChI=1S/C27H19N5O/c33-26-24(21-9-4-5-10-22(21)30-26)25(19-7-2-1-3-8-19)29-20-13-11-18(12-14-20)23-17-32-16-6-15-28-27(32)31-23/h1-17,29H,(H,30,33). The van der Waals surface area contributed by atoms with Crippen LogP contribution in [0.3, 0.4) is 0 Å². The predicted octanol–water partition coefficient (Wildman–Crippen LogP) is 5.33. The molecular weight excluding hydrogens is 410 g/mol. The van der Waals surface area contributed by atoms with Gasteiger partial charge in [-0.3, -0.25) is 9.20 Å². The average Bonchev–Trinajstić information content (AvgIpc) is 3.44. The van der Waals surface area contributed by atoms with Gasteiger partial charge in [-0.05, 0) is 29.8 Å². The molecule has 2 aromatic heterocycles. The van der Waals surface area contributed by atoms with Gasteiger partial charge in [0.25, 0.3) is 5.91 Å². The van der Waals surface area contributed by atoms with Crippen LogP contribution in [-0.2, 0) is 4.79 Å². The molecule has 6 heteroatoms. The Balaban J connectivity index is 1.39. The summed E-state index contributed by atoms with van der Waals surface area (Å²) in [6.45, 7) is 0. The van der Waals surface area contributed by atoms with Crippen molar-refractivity contribution in [1.29, 1.82) is 0 Å². The minimum Gasteiger partial charge on any atom is -0.354 e. The van der Waals surface area contributed by atoms with Crippen LogP contribution in [-0.4, -0.2) is 20.3 Å². The van der Waals surface area contributed by atoms with Gasteiger partial charge < -0.3 is 10.6 Å². The Morgan fingerprint density at radius 1 is 0.879 bits per heavy atom. The van der Waals surface area contributed by atoms with Gasteiger partial charge in [-0.2, -0.15) is 0 Å². The van der Waals surface area contributed by atoms with Gasteiger partial charge in [0.1, 0.15) is 0 Å². The Morgan fingerprint density at radius 3 is 2.48 bits per heavy atom. The molecule has 33 heavy (non-hydrogen) atoms. The monoisotopic (exact) mass is 429 g/mol. The Labute approximate surface area is 190 Å². The molecule has 0 unspecified atom stereocenters. The first-order chi connectivity index (χ1) is 16.3. The van der Waals surface area contributed by atoms with E-state index in [1.54, 1.807) is 6.20 Å². The van der Waals surface area contributed by atoms with Crippen molar-refractivity contribution < 1.29 is 4.79 Å². The average molecular weight is 429 g/mol. The van der Waals surface area contributed by atoms with Crippen molar-refractivity contribution in [3.8, 4) is 11.3 Å². The topological polar surface area (TPSA) is 71.3 Å². The van der Waals surface area contributed by atoms with Gasteiger partial charge in [0.2, 0.25) is 5.78 Å². The molecule has 6 rings (SSSR count). The van der Waals surface area contributed by atoms with Crippen LogP contribution in [0.25, 0.3) is 28.3 Å². The molecule has 0 saturated heterocycles. The normalized spacial score (nSPS) is 14.1. The van der Waals surface area contributed by atoms with Crippen molar-refractivity contribution in [2.75, 3.05) is 10.6 Å². The molecule has 3 aromatic carbocycles. The number of amides is 1. The van der Waals surface area contributed by atoms with Crippen LogP contribution in [0, 0.1) is 0 Å². The van der Waals surface area contributed by atoms with E-state index < -0.39 is 0 Å². The van der Waals surface area contributed by atoms with E-state index >= 15 is 0 Å². The molecule has 3 heterocycles. The van der Waals surface area contributed by atoms with Gasteiger partial charge in [-0.25, -0.2) is 9.97 Å². The maximum atomic E-state index is 12.9. The number of benzene rings is 3. The van der Waals surface area contributed by atoms with E-state index in [1.807, 2.05) is 102 Å². The minimum absolute atomic E-state index is 0.114. The van der Waals surface area contributed by atoms with Crippen molar-refractivity contribution in [2.45, 2.75) is 0 Å². The summed E-state index contributed by atoms with van der Waals surface area (Å²) in [6.07, 6.45) is 5.62. The minimum atomic E-state index is -0.114. The summed E-state index contributed by atoms with van der Waals surface area (Å²) in [5, 5.41) is 6.47. The number of para-hydroxylation sites is 1. The van der Waals surface area contributed by atoms with Gasteiger partial charge in [0, 0.05) is 41.1 Å². The van der Waals surface area contributed by atoms with Gasteiger partial charge >= 0.3 is 0 Å². The molecule has 0 fully saturated rings. The zero-order valence-electron chi connectivity index (χ0n) is 17.6. The van der Waals surface area contributed by atoms with Gasteiger partial charge in [-0.1, -0.05) is 60.7 Å². The number of nitrogens with zero attached hydrogens (tertiary/aromatic N) is 3. The Morgan fingerprint density at radius 2 is 1.67 bits per heavy atom. The van der Waals surface area contributed by atoms with Crippen LogP contribution < -0.4 is 10.6 Å². The van der Waals surface area contributed by atoms with E-state index in [9.17, 15) is 4.79 Å². The zero-order chi connectivity index (χ0) is 22.2. The van der Waals surface area contributed by atoms with Crippen molar-refractivity contribution in [3.05, 3.63) is 115 Å². The molecule has 0 atom stereocenters. The summed E-state index contributed by atoms with van der Waals surface area (Å²) < 4.78 is 1.90. The van der Waals surface area contributed by atoms with Crippen LogP contribution >= 0.6 is 0 Å². The molecule has 158 valence electrons. The van der Waals surface area contributed by atoms with Crippen LogP contribution in [0.15, 0.2) is 104 Å². The number of aromatic nitrogens is 3. The van der Waals surface area contributed by atoms with Crippen LogP contribution in [0.1, 0.15) is 11.1 Å². The van der Waals surface area contributed by atoms with E-state index in [0.717, 1.165) is 39.5 Å². The highest BCUT2D eigenvalue weighted by Gasteiger charge is 2.28. The zero-order valence-corrected chi connectivity index (χ0v) is 17.6. The third kappa shape index (κ3) is 3.43. The molecule has 1 aliphatic heterocycles. The summed E-state index contributed by atoms with van der Waals surface area (Å²) >= 11 is 0. The largest absolute Gasteiger partial charge is 0.354 e. The second-order valence-electron chi connectivity index (χ2n) is 7.77. The first-order valence-electron chi connectivity index (χ1n) is 10.6. The predicted molar refractivity (Wildman–Crippen MR) is 130 cm³/mol. The van der Waals surface area contributed by atoms with Crippen molar-refractivity contribution in [3.63, 3.8) is 0 Å². The molecule has 5 aromatic rings. The second kappa shape index (κ2) is 7.76. The fourth-order valence-electron chi connectivity index (χ4n) is 4.09. The highest BCUT2D eigenvalue weighted by Crippen LogP contribution is 2.37. The molecule has 0 bridgehead atoms. The van der Waals surface area contributed by atoms with Crippen LogP contribution in [0.4, 0.5) is 11.4 Å². The Kier molecular flexibility index (Phi) is 4.47. The van der Waals surface area contributed by atoms with Crippen molar-refractivity contribution in [1.82, 2.24) is 14.4 Å². The lowest BCUT2D eigenvalue weighted by Gasteiger charge is -2.15. The van der Waals surface area contributed by atoms with E-state index in [1.165, 1.54) is 0 Å². The summed E-state index contributed by atoms with van der Waals surface area (Å²) in [5.41, 5.74) is 6.77. The molecule has 1 aliphatic rings. The number of fused-ring (bicyclic) bond motifs is 2. The summed E-state index contributed by atoms with van der Waals surface area (Å²) in [7, 11) is 0. The number of carbonyl (C=O) groups excluding carboxylic acids is 1. The Bertz CT molecular complexity index is 1480. The van der Waals surface area contributed by atoms with Gasteiger partial charge in [0.15, 0.2) is 0 Å². The summed E-state index contributed by atoms with van der Waals surface area (Å²) in [6, 6.07) is 27.6. The quantitative estimate of drug-likeness (QED) is 0.379. The fraction of sp³-hybridized carbons (Fsp3) is 0. The first kappa shape index (κ1) is 19.0. The van der Waals surface area contributed by atoms with Gasteiger partial charge in [0.05, 0.1) is 17.0 Å². The molecule has 0 saturated carbocycles. The molecule has 0 spiro atoms. The number of carbonyl (C=O) groups is 1. The third-order valence-corrected chi connectivity index (χ3v) is 5.67. The summed E-state index contributed by atoms with van der Waals surface area (Å²) in [5.74, 6) is 0.549. The highest BCUT2D eigenvalue weighted by atomic mass is 16.2. The number of hydrogen-bond acceptors (Lipinski definition) is 4.